The first-order valence-corrected chi connectivity index (χ1v) is 7.62. The first kappa shape index (κ1) is 19.8. The van der Waals surface area contributed by atoms with E-state index in [0.717, 1.165) is 6.92 Å². The Morgan fingerprint density at radius 1 is 1.38 bits per heavy atom. The maximum absolute atomic E-state index is 12.4. The number of aliphatic hydroxyl groups is 3. The Hall–Kier alpha value is -2.47. The zero-order valence-corrected chi connectivity index (χ0v) is 14.0. The number of nitrogens with one attached hydrogen (secondary N) is 1. The minimum absolute atomic E-state index is 0.00232. The smallest absolute Gasteiger partial charge is 0.303 e. The normalized spacial score (nSPS) is 28.3. The third-order valence-electron chi connectivity index (χ3n) is 3.79. The quantitative estimate of drug-likeness (QED) is 0.361. The number of nitrogens with zero attached hydrogens (tertiary/aromatic N) is 1. The number of rotatable bonds is 5. The second kappa shape index (κ2) is 8.27. The van der Waals surface area contributed by atoms with Crippen molar-refractivity contribution in [2.75, 3.05) is 13.7 Å². The molecule has 5 atom stereocenters. The van der Waals surface area contributed by atoms with E-state index in [1.807, 2.05) is 0 Å². The van der Waals surface area contributed by atoms with E-state index in [-0.39, 0.29) is 5.75 Å². The van der Waals surface area contributed by atoms with E-state index in [1.165, 1.54) is 19.4 Å². The average molecular weight is 372 g/mol. The van der Waals surface area contributed by atoms with E-state index in [1.54, 1.807) is 0 Å². The lowest BCUT2D eigenvalue weighted by Crippen LogP contribution is -2.65. The molecule has 1 aliphatic rings. The van der Waals surface area contributed by atoms with Crippen LogP contribution in [0.15, 0.2) is 12.3 Å². The van der Waals surface area contributed by atoms with Gasteiger partial charge < -0.3 is 40.0 Å². The summed E-state index contributed by atoms with van der Waals surface area (Å²) in [5, 5.41) is 41.7. The standard InChI is InChI=1S/C15H20N2O9/c1-6(19)25-13-10(15(23)26-8(5-18)12(13)21)17-14(22)9-11(20)7(24-2)3-4-16-9/h3-4,8,10,12-13,15,18,20-21,23H,5H2,1-2H3,(H,17,22). The zero-order valence-electron chi connectivity index (χ0n) is 14.0. The van der Waals surface area contributed by atoms with Crippen LogP contribution in [-0.2, 0) is 14.3 Å². The van der Waals surface area contributed by atoms with Gasteiger partial charge in [-0.15, -0.1) is 0 Å². The van der Waals surface area contributed by atoms with Gasteiger partial charge in [0.1, 0.15) is 18.2 Å². The van der Waals surface area contributed by atoms with Gasteiger partial charge in [-0.1, -0.05) is 0 Å². The van der Waals surface area contributed by atoms with E-state index in [4.69, 9.17) is 14.2 Å². The fourth-order valence-electron chi connectivity index (χ4n) is 2.56. The SMILES string of the molecule is COc1ccnc(C(=O)NC2C(O)OC(CO)C(O)C2OC(C)=O)c1O. The summed E-state index contributed by atoms with van der Waals surface area (Å²) in [5.41, 5.74) is -0.406. The van der Waals surface area contributed by atoms with Crippen molar-refractivity contribution in [1.29, 1.82) is 0 Å². The Morgan fingerprint density at radius 3 is 2.65 bits per heavy atom. The number of carbonyl (C=O) groups is 2. The summed E-state index contributed by atoms with van der Waals surface area (Å²) < 4.78 is 14.9. The number of aliphatic hydroxyl groups excluding tert-OH is 3. The molecule has 11 heteroatoms. The summed E-state index contributed by atoms with van der Waals surface area (Å²) >= 11 is 0. The van der Waals surface area contributed by atoms with Gasteiger partial charge in [0.05, 0.1) is 13.7 Å². The van der Waals surface area contributed by atoms with Crippen LogP contribution in [0.4, 0.5) is 0 Å². The molecular weight excluding hydrogens is 352 g/mol. The monoisotopic (exact) mass is 372 g/mol. The highest BCUT2D eigenvalue weighted by atomic mass is 16.6. The molecule has 0 radical (unpaired) electrons. The van der Waals surface area contributed by atoms with Crippen LogP contribution in [0.5, 0.6) is 11.5 Å². The molecule has 1 saturated heterocycles. The molecule has 0 aromatic carbocycles. The fourth-order valence-corrected chi connectivity index (χ4v) is 2.56. The van der Waals surface area contributed by atoms with Crippen molar-refractivity contribution in [2.24, 2.45) is 0 Å². The maximum atomic E-state index is 12.4. The first-order valence-electron chi connectivity index (χ1n) is 7.62. The Morgan fingerprint density at radius 2 is 2.08 bits per heavy atom. The molecule has 0 spiro atoms. The Bertz CT molecular complexity index is 669. The second-order valence-electron chi connectivity index (χ2n) is 5.52. The Balaban J connectivity index is 2.26. The number of amides is 1. The number of hydrogen-bond donors (Lipinski definition) is 5. The van der Waals surface area contributed by atoms with Gasteiger partial charge in [0.15, 0.2) is 29.6 Å². The number of pyridine rings is 1. The third-order valence-corrected chi connectivity index (χ3v) is 3.79. The molecule has 5 unspecified atom stereocenters. The molecular formula is C15H20N2O9. The molecule has 144 valence electrons. The van der Waals surface area contributed by atoms with Gasteiger partial charge in [0.25, 0.3) is 5.91 Å². The second-order valence-corrected chi connectivity index (χ2v) is 5.52. The number of hydrogen-bond acceptors (Lipinski definition) is 10. The predicted molar refractivity (Wildman–Crippen MR) is 83.2 cm³/mol. The van der Waals surface area contributed by atoms with Crippen LogP contribution in [0.25, 0.3) is 0 Å². The molecule has 11 nitrogen and oxygen atoms in total. The molecule has 1 aromatic heterocycles. The largest absolute Gasteiger partial charge is 0.503 e. The van der Waals surface area contributed by atoms with Crippen LogP contribution >= 0.6 is 0 Å². The van der Waals surface area contributed by atoms with E-state index in [2.05, 4.69) is 10.3 Å². The summed E-state index contributed by atoms with van der Waals surface area (Å²) in [5.74, 6) is -2.23. The average Bonchev–Trinajstić information content (AvgIpc) is 2.60. The van der Waals surface area contributed by atoms with Gasteiger partial charge in [-0.25, -0.2) is 4.98 Å². The number of aromatic hydroxyl groups is 1. The van der Waals surface area contributed by atoms with Crippen molar-refractivity contribution < 1.29 is 44.2 Å². The Kier molecular flexibility index (Phi) is 6.32. The molecule has 1 aliphatic heterocycles. The molecule has 0 bridgehead atoms. The van der Waals surface area contributed by atoms with Crippen molar-refractivity contribution in [2.45, 2.75) is 37.6 Å². The van der Waals surface area contributed by atoms with Gasteiger partial charge in [0, 0.05) is 19.2 Å². The molecule has 0 saturated carbocycles. The molecule has 1 amide bonds. The van der Waals surface area contributed by atoms with E-state index in [0.29, 0.717) is 0 Å². The highest BCUT2D eigenvalue weighted by Crippen LogP contribution is 2.28. The van der Waals surface area contributed by atoms with Crippen molar-refractivity contribution in [1.82, 2.24) is 10.3 Å². The van der Waals surface area contributed by atoms with Gasteiger partial charge in [-0.3, -0.25) is 9.59 Å². The summed E-state index contributed by atoms with van der Waals surface area (Å²) in [4.78, 5) is 27.4. The fraction of sp³-hybridized carbons (Fsp3) is 0.533. The number of aromatic nitrogens is 1. The lowest BCUT2D eigenvalue weighted by molar-refractivity contribution is -0.257. The molecule has 26 heavy (non-hydrogen) atoms. The van der Waals surface area contributed by atoms with E-state index in [9.17, 15) is 30.0 Å². The predicted octanol–water partition coefficient (Wildman–Crippen LogP) is -2.10. The number of carbonyl (C=O) groups excluding carboxylic acids is 2. The zero-order chi connectivity index (χ0) is 19.4. The van der Waals surface area contributed by atoms with Gasteiger partial charge in [-0.2, -0.15) is 0 Å². The van der Waals surface area contributed by atoms with Crippen molar-refractivity contribution in [3.05, 3.63) is 18.0 Å². The van der Waals surface area contributed by atoms with Crippen LogP contribution in [0.3, 0.4) is 0 Å². The van der Waals surface area contributed by atoms with Crippen molar-refractivity contribution >= 4 is 11.9 Å². The summed E-state index contributed by atoms with van der Waals surface area (Å²) in [6.45, 7) is 0.436. The van der Waals surface area contributed by atoms with E-state index < -0.39 is 60.6 Å². The van der Waals surface area contributed by atoms with Crippen LogP contribution < -0.4 is 10.1 Å². The minimum Gasteiger partial charge on any atom is -0.503 e. The molecule has 5 N–H and O–H groups in total. The third kappa shape index (κ3) is 4.02. The molecule has 0 aliphatic carbocycles. The van der Waals surface area contributed by atoms with Crippen LogP contribution in [0.2, 0.25) is 0 Å². The van der Waals surface area contributed by atoms with Crippen molar-refractivity contribution in [3.8, 4) is 11.5 Å². The topological polar surface area (TPSA) is 168 Å². The highest BCUT2D eigenvalue weighted by molar-refractivity contribution is 5.95. The first-order chi connectivity index (χ1) is 12.3. The number of methoxy groups -OCH3 is 1. The molecule has 2 heterocycles. The van der Waals surface area contributed by atoms with Gasteiger partial charge in [0.2, 0.25) is 0 Å². The highest BCUT2D eigenvalue weighted by Gasteiger charge is 2.47. The lowest BCUT2D eigenvalue weighted by atomic mass is 9.96. The summed E-state index contributed by atoms with van der Waals surface area (Å²) in [7, 11) is 1.29. The number of ether oxygens (including phenoxy) is 3. The van der Waals surface area contributed by atoms with Crippen LogP contribution in [0.1, 0.15) is 17.4 Å². The van der Waals surface area contributed by atoms with Gasteiger partial charge >= 0.3 is 5.97 Å². The lowest BCUT2D eigenvalue weighted by Gasteiger charge is -2.41. The summed E-state index contributed by atoms with van der Waals surface area (Å²) in [6, 6.07) is -0.0429. The molecule has 1 fully saturated rings. The maximum Gasteiger partial charge on any atom is 0.303 e. The van der Waals surface area contributed by atoms with Gasteiger partial charge in [-0.05, 0) is 0 Å². The van der Waals surface area contributed by atoms with E-state index >= 15 is 0 Å². The molecule has 1 aromatic rings. The van der Waals surface area contributed by atoms with Crippen LogP contribution in [0, 0.1) is 0 Å². The number of esters is 1. The molecule has 2 rings (SSSR count). The Labute approximate surface area is 148 Å². The summed E-state index contributed by atoms with van der Waals surface area (Å²) in [6.07, 6.45) is -4.60. The minimum atomic E-state index is -1.70. The van der Waals surface area contributed by atoms with Crippen LogP contribution in [-0.4, -0.2) is 81.6 Å². The van der Waals surface area contributed by atoms with Crippen molar-refractivity contribution in [3.63, 3.8) is 0 Å².